The van der Waals surface area contributed by atoms with E-state index in [1.54, 1.807) is 24.3 Å². The highest BCUT2D eigenvalue weighted by atomic mass is 16.5. The minimum Gasteiger partial charge on any atom is -0.484 e. The van der Waals surface area contributed by atoms with Crippen LogP contribution in [0.15, 0.2) is 24.3 Å². The maximum absolute atomic E-state index is 11.9. The summed E-state index contributed by atoms with van der Waals surface area (Å²) in [6, 6.07) is 6.66. The van der Waals surface area contributed by atoms with E-state index in [1.807, 2.05) is 0 Å². The fraction of sp³-hybridized carbons (Fsp3) is 0.529. The van der Waals surface area contributed by atoms with Crippen molar-refractivity contribution in [2.45, 2.75) is 19.4 Å². The van der Waals surface area contributed by atoms with Crippen LogP contribution in [0.4, 0.5) is 0 Å². The Labute approximate surface area is 136 Å². The second kappa shape index (κ2) is 8.08. The van der Waals surface area contributed by atoms with Crippen molar-refractivity contribution in [2.24, 2.45) is 0 Å². The lowest BCUT2D eigenvalue weighted by atomic mass is 10.0. The van der Waals surface area contributed by atoms with Gasteiger partial charge in [-0.2, -0.15) is 0 Å². The van der Waals surface area contributed by atoms with Crippen LogP contribution in [-0.2, 0) is 9.53 Å². The fourth-order valence-electron chi connectivity index (χ4n) is 2.44. The van der Waals surface area contributed by atoms with Crippen LogP contribution in [0.5, 0.6) is 5.75 Å². The zero-order valence-corrected chi connectivity index (χ0v) is 13.7. The summed E-state index contributed by atoms with van der Waals surface area (Å²) in [6.07, 6.45) is 0.768. The molecular weight excluding hydrogens is 296 g/mol. The van der Waals surface area contributed by atoms with E-state index in [2.05, 4.69) is 24.1 Å². The lowest BCUT2D eigenvalue weighted by molar-refractivity contribution is -0.123. The zero-order chi connectivity index (χ0) is 16.7. The molecule has 0 aromatic heterocycles. The Kier molecular flexibility index (Phi) is 6.12. The zero-order valence-electron chi connectivity index (χ0n) is 13.7. The summed E-state index contributed by atoms with van der Waals surface area (Å²) in [5, 5.41) is 2.91. The molecule has 0 atom stereocenters. The average molecular weight is 320 g/mol. The van der Waals surface area contributed by atoms with Gasteiger partial charge < -0.3 is 14.8 Å². The van der Waals surface area contributed by atoms with Gasteiger partial charge in [0.05, 0.1) is 13.2 Å². The lowest BCUT2D eigenvalue weighted by Gasteiger charge is -2.40. The van der Waals surface area contributed by atoms with Crippen LogP contribution in [0, 0.1) is 0 Å². The number of nitrogens with zero attached hydrogens (tertiary/aromatic N) is 1. The standard InChI is InChI=1S/C17H24N2O4/c1-17(2,19-7-9-22-10-8-19)13-18-16(21)12-23-15-5-3-14(11-20)4-6-15/h3-6,11H,7-10,12-13H2,1-2H3,(H,18,21). The molecule has 126 valence electrons. The van der Waals surface area contributed by atoms with Gasteiger partial charge in [0.15, 0.2) is 6.61 Å². The van der Waals surface area contributed by atoms with Crippen LogP contribution in [0.1, 0.15) is 24.2 Å². The average Bonchev–Trinajstić information content (AvgIpc) is 2.59. The number of aldehydes is 1. The molecule has 1 N–H and O–H groups in total. The van der Waals surface area contributed by atoms with Crippen molar-refractivity contribution < 1.29 is 19.1 Å². The first-order valence-corrected chi connectivity index (χ1v) is 7.79. The number of rotatable bonds is 7. The highest BCUT2D eigenvalue weighted by Crippen LogP contribution is 2.15. The van der Waals surface area contributed by atoms with Gasteiger partial charge in [-0.3, -0.25) is 14.5 Å². The highest BCUT2D eigenvalue weighted by molar-refractivity contribution is 5.77. The van der Waals surface area contributed by atoms with Crippen LogP contribution in [-0.4, -0.2) is 62.1 Å². The van der Waals surface area contributed by atoms with Crippen LogP contribution in [0.25, 0.3) is 0 Å². The Balaban J connectivity index is 1.74. The molecule has 0 bridgehead atoms. The van der Waals surface area contributed by atoms with Crippen molar-refractivity contribution in [2.75, 3.05) is 39.5 Å². The summed E-state index contributed by atoms with van der Waals surface area (Å²) in [6.45, 7) is 7.95. The van der Waals surface area contributed by atoms with Gasteiger partial charge in [-0.15, -0.1) is 0 Å². The summed E-state index contributed by atoms with van der Waals surface area (Å²) < 4.78 is 10.8. The van der Waals surface area contributed by atoms with Crippen molar-refractivity contribution in [1.29, 1.82) is 0 Å². The number of hydrogen-bond acceptors (Lipinski definition) is 5. The molecule has 1 aliphatic heterocycles. The Morgan fingerprint density at radius 1 is 1.30 bits per heavy atom. The second-order valence-electron chi connectivity index (χ2n) is 6.16. The first-order valence-electron chi connectivity index (χ1n) is 7.79. The van der Waals surface area contributed by atoms with E-state index in [1.165, 1.54) is 0 Å². The number of benzene rings is 1. The predicted molar refractivity (Wildman–Crippen MR) is 86.8 cm³/mol. The molecule has 2 rings (SSSR count). The van der Waals surface area contributed by atoms with Gasteiger partial charge >= 0.3 is 0 Å². The predicted octanol–water partition coefficient (Wildman–Crippen LogP) is 1.10. The Hall–Kier alpha value is -1.92. The Morgan fingerprint density at radius 2 is 1.96 bits per heavy atom. The smallest absolute Gasteiger partial charge is 0.258 e. The minimum atomic E-state index is -0.161. The van der Waals surface area contributed by atoms with E-state index >= 15 is 0 Å². The third-order valence-electron chi connectivity index (χ3n) is 3.97. The number of amides is 1. The molecule has 0 spiro atoms. The van der Waals surface area contributed by atoms with E-state index in [-0.39, 0.29) is 18.1 Å². The van der Waals surface area contributed by atoms with E-state index in [0.717, 1.165) is 32.6 Å². The van der Waals surface area contributed by atoms with Crippen LogP contribution < -0.4 is 10.1 Å². The summed E-state index contributed by atoms with van der Waals surface area (Å²) in [7, 11) is 0. The van der Waals surface area contributed by atoms with Crippen LogP contribution in [0.3, 0.4) is 0 Å². The molecule has 6 nitrogen and oxygen atoms in total. The number of nitrogens with one attached hydrogen (secondary N) is 1. The molecule has 1 fully saturated rings. The molecule has 1 aliphatic rings. The van der Waals surface area contributed by atoms with Crippen molar-refractivity contribution >= 4 is 12.2 Å². The van der Waals surface area contributed by atoms with Crippen LogP contribution in [0.2, 0.25) is 0 Å². The SMILES string of the molecule is CC(C)(CNC(=O)COc1ccc(C=O)cc1)N1CCOCC1. The minimum absolute atomic E-state index is 0.0420. The van der Waals surface area contributed by atoms with Crippen molar-refractivity contribution in [3.05, 3.63) is 29.8 Å². The maximum Gasteiger partial charge on any atom is 0.258 e. The number of carbonyl (C=O) groups is 2. The summed E-state index contributed by atoms with van der Waals surface area (Å²) in [4.78, 5) is 24.8. The maximum atomic E-state index is 11.9. The van der Waals surface area contributed by atoms with Gasteiger partial charge in [-0.1, -0.05) is 0 Å². The Morgan fingerprint density at radius 3 is 2.57 bits per heavy atom. The highest BCUT2D eigenvalue weighted by Gasteiger charge is 2.28. The third kappa shape index (κ3) is 5.33. The van der Waals surface area contributed by atoms with Crippen LogP contribution >= 0.6 is 0 Å². The summed E-state index contributed by atoms with van der Waals surface area (Å²) in [5.41, 5.74) is 0.458. The molecule has 0 unspecified atom stereocenters. The van der Waals surface area contributed by atoms with Crippen molar-refractivity contribution in [3.8, 4) is 5.75 Å². The largest absolute Gasteiger partial charge is 0.484 e. The molecule has 0 aliphatic carbocycles. The number of hydrogen-bond donors (Lipinski definition) is 1. The van der Waals surface area contributed by atoms with Gasteiger partial charge in [0, 0.05) is 30.7 Å². The molecule has 1 amide bonds. The quantitative estimate of drug-likeness (QED) is 0.762. The molecule has 0 saturated carbocycles. The first kappa shape index (κ1) is 17.4. The van der Waals surface area contributed by atoms with Gasteiger partial charge in [-0.05, 0) is 38.1 Å². The van der Waals surface area contributed by atoms with Crippen molar-refractivity contribution in [3.63, 3.8) is 0 Å². The lowest BCUT2D eigenvalue weighted by Crippen LogP contribution is -2.55. The van der Waals surface area contributed by atoms with Crippen molar-refractivity contribution in [1.82, 2.24) is 10.2 Å². The molecule has 0 radical (unpaired) electrons. The van der Waals surface area contributed by atoms with E-state index in [4.69, 9.17) is 9.47 Å². The second-order valence-corrected chi connectivity index (χ2v) is 6.16. The van der Waals surface area contributed by atoms with E-state index in [9.17, 15) is 9.59 Å². The van der Waals surface area contributed by atoms with Gasteiger partial charge in [-0.25, -0.2) is 0 Å². The molecule has 6 heteroatoms. The Bertz CT molecular complexity index is 522. The first-order chi connectivity index (χ1) is 11.0. The third-order valence-corrected chi connectivity index (χ3v) is 3.97. The number of ether oxygens (including phenoxy) is 2. The topological polar surface area (TPSA) is 67.9 Å². The monoisotopic (exact) mass is 320 g/mol. The van der Waals surface area contributed by atoms with Gasteiger partial charge in [0.25, 0.3) is 5.91 Å². The summed E-state index contributed by atoms with van der Waals surface area (Å²) in [5.74, 6) is 0.406. The fourth-order valence-corrected chi connectivity index (χ4v) is 2.44. The van der Waals surface area contributed by atoms with E-state index < -0.39 is 0 Å². The normalized spacial score (nSPS) is 15.9. The molecule has 1 aromatic carbocycles. The molecule has 1 heterocycles. The number of morpholine rings is 1. The molecule has 1 aromatic rings. The van der Waals surface area contributed by atoms with Gasteiger partial charge in [0.2, 0.25) is 0 Å². The number of carbonyl (C=O) groups excluding carboxylic acids is 2. The van der Waals surface area contributed by atoms with E-state index in [0.29, 0.717) is 17.9 Å². The molecule has 1 saturated heterocycles. The summed E-state index contributed by atoms with van der Waals surface area (Å²) >= 11 is 0. The van der Waals surface area contributed by atoms with Gasteiger partial charge in [0.1, 0.15) is 12.0 Å². The molecular formula is C17H24N2O4. The molecule has 23 heavy (non-hydrogen) atoms.